The first kappa shape index (κ1) is 16.3. The van der Waals surface area contributed by atoms with Crippen LogP contribution in [-0.4, -0.2) is 52.5 Å². The third kappa shape index (κ3) is 3.56. The Morgan fingerprint density at radius 3 is 2.57 bits per heavy atom. The molecule has 1 unspecified atom stereocenters. The van der Waals surface area contributed by atoms with Gasteiger partial charge in [-0.3, -0.25) is 0 Å². The van der Waals surface area contributed by atoms with Crippen molar-refractivity contribution in [2.45, 2.75) is 30.7 Å². The van der Waals surface area contributed by atoms with Crippen LogP contribution < -0.4 is 10.2 Å². The molecule has 21 heavy (non-hydrogen) atoms. The minimum atomic E-state index is -3.43. The van der Waals surface area contributed by atoms with Crippen LogP contribution in [0.1, 0.15) is 19.8 Å². The number of likely N-dealkylation sites (N-methyl/N-ethyl adjacent to an activating group) is 1. The van der Waals surface area contributed by atoms with Crippen LogP contribution in [0.4, 0.5) is 5.69 Å². The number of hydrogen-bond donors (Lipinski definition) is 1. The third-order valence-corrected chi connectivity index (χ3v) is 5.81. The summed E-state index contributed by atoms with van der Waals surface area (Å²) in [4.78, 5) is 2.54. The second-order valence-electron chi connectivity index (χ2n) is 5.59. The molecule has 1 heterocycles. The highest BCUT2D eigenvalue weighted by Gasteiger charge is 2.25. The predicted molar refractivity (Wildman–Crippen MR) is 86.2 cm³/mol. The Balaban J connectivity index is 2.33. The SMILES string of the molecule is CCN(CC1CCCN1)c1ccccc1S(=O)(=O)N(C)C. The first-order valence-electron chi connectivity index (χ1n) is 7.46. The van der Waals surface area contributed by atoms with E-state index in [9.17, 15) is 8.42 Å². The molecule has 0 amide bonds. The van der Waals surface area contributed by atoms with E-state index in [2.05, 4.69) is 17.1 Å². The van der Waals surface area contributed by atoms with E-state index in [0.717, 1.165) is 31.7 Å². The van der Waals surface area contributed by atoms with Crippen molar-refractivity contribution < 1.29 is 8.42 Å². The van der Waals surface area contributed by atoms with Crippen molar-refractivity contribution in [1.29, 1.82) is 0 Å². The second-order valence-corrected chi connectivity index (χ2v) is 7.71. The number of benzene rings is 1. The highest BCUT2D eigenvalue weighted by molar-refractivity contribution is 7.89. The van der Waals surface area contributed by atoms with Gasteiger partial charge in [0.05, 0.1) is 5.69 Å². The molecule has 6 heteroatoms. The van der Waals surface area contributed by atoms with Gasteiger partial charge >= 0.3 is 0 Å². The van der Waals surface area contributed by atoms with Gasteiger partial charge in [-0.1, -0.05) is 12.1 Å². The fourth-order valence-corrected chi connectivity index (χ4v) is 3.81. The summed E-state index contributed by atoms with van der Waals surface area (Å²) in [5.74, 6) is 0. The van der Waals surface area contributed by atoms with Crippen molar-refractivity contribution in [1.82, 2.24) is 9.62 Å². The van der Waals surface area contributed by atoms with Gasteiger partial charge in [-0.05, 0) is 38.4 Å². The molecule has 118 valence electrons. The molecule has 0 bridgehead atoms. The maximum Gasteiger partial charge on any atom is 0.244 e. The Labute approximate surface area is 128 Å². The normalized spacial score (nSPS) is 19.1. The first-order chi connectivity index (χ1) is 9.96. The van der Waals surface area contributed by atoms with E-state index in [1.54, 1.807) is 26.2 Å². The average Bonchev–Trinajstić information content (AvgIpc) is 2.97. The molecule has 0 spiro atoms. The summed E-state index contributed by atoms with van der Waals surface area (Å²) in [6.45, 7) is 4.75. The molecule has 1 fully saturated rings. The third-order valence-electron chi connectivity index (χ3n) is 3.95. The molecule has 1 aromatic carbocycles. The molecule has 0 aromatic heterocycles. The number of anilines is 1. The molecular formula is C15H25N3O2S. The number of rotatable bonds is 6. The van der Waals surface area contributed by atoms with Gasteiger partial charge in [-0.2, -0.15) is 0 Å². The number of hydrogen-bond acceptors (Lipinski definition) is 4. The van der Waals surface area contributed by atoms with Crippen molar-refractivity contribution in [3.8, 4) is 0 Å². The quantitative estimate of drug-likeness (QED) is 0.865. The maximum absolute atomic E-state index is 12.5. The molecule has 1 atom stereocenters. The van der Waals surface area contributed by atoms with Gasteiger partial charge in [0.25, 0.3) is 0 Å². The summed E-state index contributed by atoms with van der Waals surface area (Å²) < 4.78 is 26.3. The first-order valence-corrected chi connectivity index (χ1v) is 8.90. The van der Waals surface area contributed by atoms with Gasteiger partial charge in [0.2, 0.25) is 10.0 Å². The van der Waals surface area contributed by atoms with E-state index in [1.807, 2.05) is 12.1 Å². The molecular weight excluding hydrogens is 286 g/mol. The molecule has 0 radical (unpaired) electrons. The molecule has 5 nitrogen and oxygen atoms in total. The van der Waals surface area contributed by atoms with Crippen LogP contribution in [0, 0.1) is 0 Å². The lowest BCUT2D eigenvalue weighted by Gasteiger charge is -2.29. The van der Waals surface area contributed by atoms with Gasteiger partial charge in [0.15, 0.2) is 0 Å². The summed E-state index contributed by atoms with van der Waals surface area (Å²) >= 11 is 0. The molecule has 2 rings (SSSR count). The highest BCUT2D eigenvalue weighted by atomic mass is 32.2. The summed E-state index contributed by atoms with van der Waals surface area (Å²) in [6.07, 6.45) is 2.35. The molecule has 0 aliphatic carbocycles. The van der Waals surface area contributed by atoms with Gasteiger partial charge in [0.1, 0.15) is 4.90 Å². The molecule has 0 saturated carbocycles. The summed E-state index contributed by atoms with van der Waals surface area (Å²) in [6, 6.07) is 7.71. The minimum absolute atomic E-state index is 0.384. The zero-order valence-corrected chi connectivity index (χ0v) is 13.9. The smallest absolute Gasteiger partial charge is 0.244 e. The zero-order chi connectivity index (χ0) is 15.5. The van der Waals surface area contributed by atoms with Crippen molar-refractivity contribution >= 4 is 15.7 Å². The lowest BCUT2D eigenvalue weighted by Crippen LogP contribution is -2.38. The molecule has 1 aromatic rings. The van der Waals surface area contributed by atoms with Crippen LogP contribution in [-0.2, 0) is 10.0 Å². The molecule has 1 aliphatic rings. The fourth-order valence-electron chi connectivity index (χ4n) is 2.71. The van der Waals surface area contributed by atoms with E-state index in [0.29, 0.717) is 10.9 Å². The number of nitrogens with zero attached hydrogens (tertiary/aromatic N) is 2. The summed E-state index contributed by atoms with van der Waals surface area (Å²) in [7, 11) is -0.284. The second kappa shape index (κ2) is 6.77. The van der Waals surface area contributed by atoms with E-state index in [-0.39, 0.29) is 0 Å². The van der Waals surface area contributed by atoms with Crippen molar-refractivity contribution in [2.75, 3.05) is 38.6 Å². The molecule has 1 N–H and O–H groups in total. The van der Waals surface area contributed by atoms with Crippen molar-refractivity contribution in [2.24, 2.45) is 0 Å². The van der Waals surface area contributed by atoms with Crippen LogP contribution in [0.2, 0.25) is 0 Å². The standard InChI is InChI=1S/C15H25N3O2S/c1-4-18(12-13-8-7-11-16-13)14-9-5-6-10-15(14)21(19,20)17(2)3/h5-6,9-10,13,16H,4,7-8,11-12H2,1-3H3. The van der Waals surface area contributed by atoms with E-state index in [1.165, 1.54) is 10.7 Å². The van der Waals surface area contributed by atoms with Crippen LogP contribution >= 0.6 is 0 Å². The van der Waals surface area contributed by atoms with Crippen LogP contribution in [0.5, 0.6) is 0 Å². The van der Waals surface area contributed by atoms with Gasteiger partial charge in [0, 0.05) is 33.2 Å². The van der Waals surface area contributed by atoms with Crippen LogP contribution in [0.25, 0.3) is 0 Å². The van der Waals surface area contributed by atoms with E-state index in [4.69, 9.17) is 0 Å². The Hall–Kier alpha value is -1.11. The number of sulfonamides is 1. The summed E-state index contributed by atoms with van der Waals surface area (Å²) in [5, 5.41) is 3.47. The lowest BCUT2D eigenvalue weighted by atomic mass is 10.2. The maximum atomic E-state index is 12.5. The largest absolute Gasteiger partial charge is 0.369 e. The molecule has 1 aliphatic heterocycles. The Bertz CT molecular complexity index is 566. The van der Waals surface area contributed by atoms with E-state index >= 15 is 0 Å². The monoisotopic (exact) mass is 311 g/mol. The van der Waals surface area contributed by atoms with Crippen molar-refractivity contribution in [3.05, 3.63) is 24.3 Å². The molecule has 1 saturated heterocycles. The van der Waals surface area contributed by atoms with Gasteiger partial charge < -0.3 is 10.2 Å². The van der Waals surface area contributed by atoms with Crippen LogP contribution in [0.3, 0.4) is 0 Å². The highest BCUT2D eigenvalue weighted by Crippen LogP contribution is 2.27. The zero-order valence-electron chi connectivity index (χ0n) is 13.0. The summed E-state index contributed by atoms with van der Waals surface area (Å²) in [5.41, 5.74) is 0.794. The Morgan fingerprint density at radius 2 is 2.00 bits per heavy atom. The van der Waals surface area contributed by atoms with Crippen molar-refractivity contribution in [3.63, 3.8) is 0 Å². The fraction of sp³-hybridized carbons (Fsp3) is 0.600. The Kier molecular flexibility index (Phi) is 5.24. The van der Waals surface area contributed by atoms with E-state index < -0.39 is 10.0 Å². The van der Waals surface area contributed by atoms with Gasteiger partial charge in [-0.25, -0.2) is 12.7 Å². The number of nitrogens with one attached hydrogen (secondary N) is 1. The topological polar surface area (TPSA) is 52.7 Å². The van der Waals surface area contributed by atoms with Crippen LogP contribution in [0.15, 0.2) is 29.2 Å². The Morgan fingerprint density at radius 1 is 1.29 bits per heavy atom. The minimum Gasteiger partial charge on any atom is -0.369 e. The van der Waals surface area contributed by atoms with Gasteiger partial charge in [-0.15, -0.1) is 0 Å². The predicted octanol–water partition coefficient (Wildman–Crippen LogP) is 1.52. The number of para-hydroxylation sites is 1. The lowest BCUT2D eigenvalue weighted by molar-refractivity contribution is 0.519. The average molecular weight is 311 g/mol.